The Morgan fingerprint density at radius 1 is 0.270 bits per heavy atom. The summed E-state index contributed by atoms with van der Waals surface area (Å²) in [6, 6.07) is 0. The number of hydrogen-bond acceptors (Lipinski definition) is 8. The summed E-state index contributed by atoms with van der Waals surface area (Å²) >= 11 is -12.2. The van der Waals surface area contributed by atoms with Crippen molar-refractivity contribution in [2.45, 2.75) is 301 Å². The molecule has 0 spiro atoms. The molecule has 0 radical (unpaired) electrons. The number of carbonyl (C=O) groups is 4. The van der Waals surface area contributed by atoms with Gasteiger partial charge in [0.15, 0.2) is 0 Å². The summed E-state index contributed by atoms with van der Waals surface area (Å²) in [5, 5.41) is 0. The van der Waals surface area contributed by atoms with Crippen molar-refractivity contribution in [1.29, 1.82) is 0 Å². The van der Waals surface area contributed by atoms with Crippen molar-refractivity contribution in [3.63, 3.8) is 0 Å². The minimum absolute atomic E-state index is 0.0887. The summed E-state index contributed by atoms with van der Waals surface area (Å²) in [7, 11) is 0. The molecule has 100 heavy (non-hydrogen) atoms. The summed E-state index contributed by atoms with van der Waals surface area (Å²) in [6.45, 7) is 0. The molecule has 588 valence electrons. The molecule has 13 saturated heterocycles. The third kappa shape index (κ3) is 17.0. The van der Waals surface area contributed by atoms with Crippen LogP contribution in [0.1, 0.15) is 299 Å². The normalized spacial score (nSPS) is 38.0. The predicted octanol–water partition coefficient (Wildman–Crippen LogP) is -23.1. The van der Waals surface area contributed by atoms with Crippen molar-refractivity contribution in [3.05, 3.63) is 31.4 Å². The molecule has 0 saturated carbocycles. The minimum atomic E-state index is -7.70. The molecule has 22 heteroatoms. The second-order valence-corrected chi connectivity index (χ2v) is 82.6. The van der Waals surface area contributed by atoms with E-state index >= 15 is 19.2 Å². The Hall–Kier alpha value is 7.32. The average Bonchev–Trinajstić information content (AvgIpc) is 1.44. The quantitative estimate of drug-likeness (QED) is 0.0996. The zero-order valence-corrected chi connectivity index (χ0v) is 89.5. The second-order valence-electron chi connectivity index (χ2n) is 30.8. The van der Waals surface area contributed by atoms with Gasteiger partial charge in [0, 0.05) is 0 Å². The third-order valence-corrected chi connectivity index (χ3v) is 83.9. The van der Waals surface area contributed by atoms with Crippen LogP contribution in [0.5, 0.6) is 0 Å². The van der Waals surface area contributed by atoms with Crippen molar-refractivity contribution in [1.82, 2.24) is 0 Å². The summed E-state index contributed by atoms with van der Waals surface area (Å²) in [5.41, 5.74) is 4.64. The monoisotopic (exact) mass is 2960 g/mol. The predicted molar refractivity (Wildman–Crippen MR) is 359 cm³/mol. The van der Waals surface area contributed by atoms with E-state index < -0.39 is 56.2 Å². The number of benzene rings is 1. The summed E-state index contributed by atoms with van der Waals surface area (Å²) in [5.74, 6) is -0.599. The number of carbonyl (C=O) groups excluding carboxylic acids is 4. The van der Waals surface area contributed by atoms with Crippen LogP contribution in [0.15, 0.2) is 0 Å². The van der Waals surface area contributed by atoms with E-state index in [2.05, 4.69) is 0 Å². The summed E-state index contributed by atoms with van der Waals surface area (Å²) in [6.07, 6.45) is 46.7. The molecule has 0 N–H and O–H groups in total. The SMILES string of the molecule is O=C1OI(OC(=O)C(C2CCCC[I-]2)(C2CCCC[I-]2)C2CCCC[I-]2)(OC(=O)C(C2CCCC[I-]2)(C2CCCC[I-]2)C2CCCC[I-]2)(OC(=O)C(C2CCCC[I-]2)(C2CCCC[I-]2)C2CCCC[I-]2)c2c1c(C1CCCC[I-]1)c(C1CCCC[I-]1)c(C1CCCC[I-]1)c2C1CCCC[I-]1. The first-order valence-electron chi connectivity index (χ1n) is 39.8. The number of fused-ring (bicyclic) bond motifs is 1. The first-order chi connectivity index (χ1) is 49.2. The molecular formula is C78H117I14O8-13. The fourth-order valence-corrected chi connectivity index (χ4v) is 90.2. The van der Waals surface area contributed by atoms with Crippen LogP contribution >= 0.6 is 18.7 Å². The Morgan fingerprint density at radius 2 is 0.470 bits per heavy atom. The van der Waals surface area contributed by atoms with E-state index in [9.17, 15) is 0 Å². The van der Waals surface area contributed by atoms with Crippen LogP contribution in [0.25, 0.3) is 0 Å². The summed E-state index contributed by atoms with van der Waals surface area (Å²) in [4.78, 5) is 76.0. The number of alkyl halides is 26. The zero-order valence-electron chi connectivity index (χ0n) is 59.3. The van der Waals surface area contributed by atoms with Gasteiger partial charge in [-0.3, -0.25) is 0 Å². The number of rotatable bonds is 19. The molecule has 0 bridgehead atoms. The maximum atomic E-state index is 19.3. The molecule has 13 fully saturated rings. The number of hydrogen-bond donors (Lipinski definition) is 0. The standard InChI is InChI=1S/C78H117I14O8/c93-72-70-68(55-29-3-16-42-81-55)66(53-27-1-14-40-79-53)67(54-28-2-15-41-80-54)69(56-30-4-17-43-82-56)71(70)92(97-72,98-73(94)76(57-31-5-18-44-83-57,58-32-6-19-45-84-58)59-33-7-20-46-85-59,99-74(95)77(60-34-8-21-47-86-60,61-35-9-22-48-87-61)62-36-10-23-49-88-62)100-75(96)78(63-37-11-24-50-89-63,64-38-12-25-51-90-64)65-39-13-26-52-91-65/h53-65H,1-52H2/q-13. The van der Waals surface area contributed by atoms with Gasteiger partial charge in [-0.05, 0) is 0 Å². The average molecular weight is 2960 g/mol. The van der Waals surface area contributed by atoms with Gasteiger partial charge < -0.3 is 0 Å². The Morgan fingerprint density at radius 3 is 0.680 bits per heavy atom. The Kier molecular flexibility index (Phi) is 32.4. The Balaban J connectivity index is 1.11. The van der Waals surface area contributed by atoms with Gasteiger partial charge in [-0.1, -0.05) is 0 Å². The summed E-state index contributed by atoms with van der Waals surface area (Å²) < 4.78 is 57.4. The fraction of sp³-hybridized carbons (Fsp3) is 0.872. The molecule has 14 heterocycles. The Bertz CT molecular complexity index is 2590. The first-order valence-corrected chi connectivity index (χ1v) is 80.4. The molecule has 0 amide bonds. The Labute approximate surface area is 742 Å². The maximum absolute atomic E-state index is 19.3. The van der Waals surface area contributed by atoms with Gasteiger partial charge in [0.05, 0.1) is 0 Å². The second kappa shape index (κ2) is 39.3. The zero-order chi connectivity index (χ0) is 68.0. The van der Waals surface area contributed by atoms with Crippen molar-refractivity contribution in [2.24, 2.45) is 16.2 Å². The number of halogens is 14. The van der Waals surface area contributed by atoms with Crippen molar-refractivity contribution < 1.29 is 307 Å². The fourth-order valence-electron chi connectivity index (χ4n) is 19.8. The van der Waals surface area contributed by atoms with Crippen LogP contribution in [0, 0.1) is 19.8 Å². The molecule has 0 aromatic heterocycles. The van der Waals surface area contributed by atoms with E-state index in [1.54, 1.807) is 11.1 Å². The third-order valence-electron chi connectivity index (χ3n) is 24.7. The van der Waals surface area contributed by atoms with Gasteiger partial charge in [-0.2, -0.15) is 0 Å². The van der Waals surface area contributed by atoms with E-state index in [-0.39, 0.29) is 282 Å². The van der Waals surface area contributed by atoms with Crippen LogP contribution in [0.3, 0.4) is 0 Å². The molecule has 14 aliphatic heterocycles. The van der Waals surface area contributed by atoms with Gasteiger partial charge in [0.25, 0.3) is 0 Å². The molecule has 1 aromatic rings. The van der Waals surface area contributed by atoms with Gasteiger partial charge in [0.2, 0.25) is 0 Å². The molecule has 1 aromatic carbocycles. The molecule has 13 unspecified atom stereocenters. The van der Waals surface area contributed by atoms with Crippen LogP contribution in [0.2, 0.25) is 0 Å². The van der Waals surface area contributed by atoms with Gasteiger partial charge in [-0.25, -0.2) is 0 Å². The van der Waals surface area contributed by atoms with Crippen LogP contribution in [-0.2, 0) is 26.6 Å². The molecule has 14 aliphatic rings. The molecular weight excluding hydrogens is 2840 g/mol. The van der Waals surface area contributed by atoms with Crippen molar-refractivity contribution in [3.8, 4) is 0 Å². The molecule has 15 rings (SSSR count). The van der Waals surface area contributed by atoms with E-state index in [1.165, 1.54) is 242 Å². The van der Waals surface area contributed by atoms with E-state index in [1.807, 2.05) is 0 Å². The first kappa shape index (κ1) is 82.4. The molecule has 8 nitrogen and oxygen atoms in total. The van der Waals surface area contributed by atoms with Crippen molar-refractivity contribution in [2.75, 3.05) is 57.6 Å². The van der Waals surface area contributed by atoms with Crippen molar-refractivity contribution >= 4 is 42.6 Å². The molecule has 0 aliphatic carbocycles. The van der Waals surface area contributed by atoms with Gasteiger partial charge in [0.1, 0.15) is 0 Å². The van der Waals surface area contributed by atoms with Crippen LogP contribution in [0.4, 0.5) is 0 Å². The van der Waals surface area contributed by atoms with Gasteiger partial charge in [-0.15, -0.1) is 0 Å². The van der Waals surface area contributed by atoms with Crippen LogP contribution < -0.4 is 276 Å². The van der Waals surface area contributed by atoms with E-state index in [0.29, 0.717) is 47.1 Å². The van der Waals surface area contributed by atoms with Gasteiger partial charge >= 0.3 is 756 Å². The van der Waals surface area contributed by atoms with E-state index in [4.69, 9.17) is 12.3 Å². The topological polar surface area (TPSA) is 105 Å². The van der Waals surface area contributed by atoms with E-state index in [0.717, 1.165) is 86.2 Å². The molecule has 13 atom stereocenters. The van der Waals surface area contributed by atoms with Crippen LogP contribution in [-0.4, -0.2) is 117 Å².